The number of halogens is 1. The first-order valence-corrected chi connectivity index (χ1v) is 10.2. The summed E-state index contributed by atoms with van der Waals surface area (Å²) in [7, 11) is 0. The van der Waals surface area contributed by atoms with Gasteiger partial charge in [0.1, 0.15) is 0 Å². The van der Waals surface area contributed by atoms with E-state index in [0.29, 0.717) is 24.8 Å². The van der Waals surface area contributed by atoms with Crippen LogP contribution >= 0.6 is 0 Å². The van der Waals surface area contributed by atoms with Gasteiger partial charge < -0.3 is 9.84 Å². The number of carbonyl (C=O) groups is 3. The van der Waals surface area contributed by atoms with E-state index in [2.05, 4.69) is 0 Å². The van der Waals surface area contributed by atoms with Crippen molar-refractivity contribution >= 4 is 17.5 Å². The van der Waals surface area contributed by atoms with Crippen LogP contribution in [0.15, 0.2) is 35.5 Å². The molecule has 0 heterocycles. The Bertz CT molecular complexity index is 886. The second kappa shape index (κ2) is 6.46. The lowest BCUT2D eigenvalue weighted by Gasteiger charge is -2.61. The van der Waals surface area contributed by atoms with E-state index >= 15 is 4.39 Å². The van der Waals surface area contributed by atoms with Crippen LogP contribution in [-0.2, 0) is 19.1 Å². The molecule has 6 heteroatoms. The van der Waals surface area contributed by atoms with E-state index in [0.717, 1.165) is 5.57 Å². The molecule has 2 saturated carbocycles. The average molecular weight is 402 g/mol. The first-order valence-electron chi connectivity index (χ1n) is 10.2. The predicted octanol–water partition coefficient (Wildman–Crippen LogP) is 3.03. The third-order valence-corrected chi connectivity index (χ3v) is 7.93. The number of esters is 1. The molecule has 156 valence electrons. The van der Waals surface area contributed by atoms with Gasteiger partial charge in [-0.1, -0.05) is 24.6 Å². The number of aliphatic hydroxyl groups is 1. The molecule has 0 saturated heterocycles. The van der Waals surface area contributed by atoms with Crippen molar-refractivity contribution in [1.82, 2.24) is 0 Å². The van der Waals surface area contributed by atoms with Gasteiger partial charge >= 0.3 is 5.97 Å². The van der Waals surface area contributed by atoms with Crippen LogP contribution in [0.25, 0.3) is 0 Å². The van der Waals surface area contributed by atoms with Gasteiger partial charge in [-0.3, -0.25) is 14.4 Å². The van der Waals surface area contributed by atoms with Crippen molar-refractivity contribution in [2.75, 3.05) is 6.61 Å². The van der Waals surface area contributed by atoms with E-state index in [1.807, 2.05) is 13.0 Å². The molecule has 0 spiro atoms. The molecule has 29 heavy (non-hydrogen) atoms. The second-order valence-corrected chi connectivity index (χ2v) is 9.32. The fourth-order valence-corrected chi connectivity index (χ4v) is 6.46. The van der Waals surface area contributed by atoms with Crippen LogP contribution in [0, 0.1) is 22.7 Å². The summed E-state index contributed by atoms with van der Waals surface area (Å²) >= 11 is 0. The van der Waals surface area contributed by atoms with Crippen LogP contribution in [0.5, 0.6) is 0 Å². The molecule has 0 aromatic rings. The summed E-state index contributed by atoms with van der Waals surface area (Å²) in [6.45, 7) is 4.60. The molecular formula is C23H27FO5. The minimum absolute atomic E-state index is 0.118. The summed E-state index contributed by atoms with van der Waals surface area (Å²) in [6, 6.07) is 0. The van der Waals surface area contributed by atoms with E-state index in [-0.39, 0.29) is 30.5 Å². The quantitative estimate of drug-likeness (QED) is 0.734. The number of allylic oxidation sites excluding steroid dienone is 5. The van der Waals surface area contributed by atoms with Gasteiger partial charge in [-0.05, 0) is 50.7 Å². The number of ketones is 2. The van der Waals surface area contributed by atoms with Crippen molar-refractivity contribution in [1.29, 1.82) is 0 Å². The normalized spacial score (nSPS) is 42.9. The Morgan fingerprint density at radius 2 is 2.03 bits per heavy atom. The van der Waals surface area contributed by atoms with Gasteiger partial charge in [0.15, 0.2) is 23.8 Å². The molecule has 4 aliphatic rings. The molecule has 5 nitrogen and oxygen atoms in total. The molecular weight excluding hydrogens is 375 g/mol. The van der Waals surface area contributed by atoms with Gasteiger partial charge in [-0.2, -0.15) is 0 Å². The van der Waals surface area contributed by atoms with Gasteiger partial charge in [-0.15, -0.1) is 0 Å². The molecule has 0 aromatic carbocycles. The maximum Gasteiger partial charge on any atom is 0.303 e. The lowest BCUT2D eigenvalue weighted by molar-refractivity contribution is -0.185. The van der Waals surface area contributed by atoms with Crippen LogP contribution in [0.4, 0.5) is 4.39 Å². The van der Waals surface area contributed by atoms with E-state index in [4.69, 9.17) is 4.74 Å². The number of Topliss-reactive ketones (excluding diaryl/α,β-unsaturated/α-hetero) is 1. The smallest absolute Gasteiger partial charge is 0.303 e. The van der Waals surface area contributed by atoms with Crippen molar-refractivity contribution < 1.29 is 28.6 Å². The van der Waals surface area contributed by atoms with Crippen molar-refractivity contribution in [3.05, 3.63) is 35.5 Å². The predicted molar refractivity (Wildman–Crippen MR) is 103 cm³/mol. The molecule has 0 aliphatic heterocycles. The number of ether oxygens (including phenoxy) is 1. The highest BCUT2D eigenvalue weighted by Gasteiger charge is 2.69. The van der Waals surface area contributed by atoms with Crippen molar-refractivity contribution in [2.45, 2.75) is 58.2 Å². The number of hydrogen-bond donors (Lipinski definition) is 1. The molecule has 0 aromatic heterocycles. The summed E-state index contributed by atoms with van der Waals surface area (Å²) in [5.41, 5.74) is -2.33. The first-order chi connectivity index (χ1) is 13.5. The molecule has 6 atom stereocenters. The molecule has 4 rings (SSSR count). The van der Waals surface area contributed by atoms with E-state index in [1.54, 1.807) is 13.0 Å². The van der Waals surface area contributed by atoms with Crippen LogP contribution < -0.4 is 0 Å². The zero-order chi connectivity index (χ0) is 21.2. The number of fused-ring (bicyclic) bond motifs is 5. The van der Waals surface area contributed by atoms with Crippen molar-refractivity contribution in [3.63, 3.8) is 0 Å². The van der Waals surface area contributed by atoms with E-state index < -0.39 is 34.5 Å². The zero-order valence-electron chi connectivity index (χ0n) is 17.0. The molecule has 1 N–H and O–H groups in total. The topological polar surface area (TPSA) is 80.7 Å². The van der Waals surface area contributed by atoms with Crippen molar-refractivity contribution in [2.24, 2.45) is 22.7 Å². The summed E-state index contributed by atoms with van der Waals surface area (Å²) in [5, 5.41) is 11.1. The van der Waals surface area contributed by atoms with Gasteiger partial charge in [0, 0.05) is 29.2 Å². The Hall–Kier alpha value is -2.08. The van der Waals surface area contributed by atoms with Crippen molar-refractivity contribution in [3.8, 4) is 0 Å². The lowest BCUT2D eigenvalue weighted by Crippen LogP contribution is -2.66. The first kappa shape index (κ1) is 20.2. The summed E-state index contributed by atoms with van der Waals surface area (Å²) in [5.74, 6) is -1.52. The Kier molecular flexibility index (Phi) is 4.50. The molecule has 0 bridgehead atoms. The molecule has 0 amide bonds. The lowest BCUT2D eigenvalue weighted by atomic mass is 9.45. The third kappa shape index (κ3) is 2.64. The van der Waals surface area contributed by atoms with Crippen LogP contribution in [0.2, 0.25) is 0 Å². The highest BCUT2D eigenvalue weighted by Crippen LogP contribution is 2.67. The minimum Gasteiger partial charge on any atom is -0.457 e. The number of rotatable bonds is 3. The Labute approximate surface area is 169 Å². The maximum absolute atomic E-state index is 16.8. The SMILES string of the molecule is CC(=O)OCC(=O)C1=CC[C@@H]2[C@H]3CCC4=CC(=O)C=C[C@]4(C)[C@@]3(F)[C@H](O)C[C@]12C. The monoisotopic (exact) mass is 402 g/mol. The minimum atomic E-state index is -1.90. The molecule has 2 fully saturated rings. The Morgan fingerprint density at radius 1 is 1.31 bits per heavy atom. The molecule has 4 aliphatic carbocycles. The number of aliphatic hydroxyl groups excluding tert-OH is 1. The zero-order valence-corrected chi connectivity index (χ0v) is 17.0. The summed E-state index contributed by atoms with van der Waals surface area (Å²) in [4.78, 5) is 35.6. The van der Waals surface area contributed by atoms with Gasteiger partial charge in [0.25, 0.3) is 0 Å². The van der Waals surface area contributed by atoms with Crippen LogP contribution in [0.3, 0.4) is 0 Å². The van der Waals surface area contributed by atoms with E-state index in [1.165, 1.54) is 19.1 Å². The standard InChI is InChI=1S/C23H27FO5/c1-13(25)29-12-19(27)18-7-6-16-17-5-4-14-10-15(26)8-9-22(14,3)23(17,24)20(28)11-21(16,18)2/h7-10,16-17,20,28H,4-6,11-12H2,1-3H3/t16-,17-,20-,21+,22+,23+/m1/s1. The highest BCUT2D eigenvalue weighted by molar-refractivity contribution is 6.01. The van der Waals surface area contributed by atoms with Gasteiger partial charge in [0.05, 0.1) is 6.10 Å². The number of carbonyl (C=O) groups excluding carboxylic acids is 3. The van der Waals surface area contributed by atoms with Gasteiger partial charge in [0.2, 0.25) is 0 Å². The Balaban J connectivity index is 1.68. The number of hydrogen-bond acceptors (Lipinski definition) is 5. The second-order valence-electron chi connectivity index (χ2n) is 9.32. The fraction of sp³-hybridized carbons (Fsp3) is 0.609. The maximum atomic E-state index is 16.8. The number of alkyl halides is 1. The Morgan fingerprint density at radius 3 is 2.72 bits per heavy atom. The molecule has 0 radical (unpaired) electrons. The van der Waals surface area contributed by atoms with E-state index in [9.17, 15) is 19.5 Å². The third-order valence-electron chi connectivity index (χ3n) is 7.93. The largest absolute Gasteiger partial charge is 0.457 e. The summed E-state index contributed by atoms with van der Waals surface area (Å²) < 4.78 is 21.7. The van der Waals surface area contributed by atoms with Gasteiger partial charge in [-0.25, -0.2) is 4.39 Å². The fourth-order valence-electron chi connectivity index (χ4n) is 6.46. The van der Waals surface area contributed by atoms with Crippen LogP contribution in [0.1, 0.15) is 46.5 Å². The average Bonchev–Trinajstić information content (AvgIpc) is 2.98. The molecule has 0 unspecified atom stereocenters. The summed E-state index contributed by atoms with van der Waals surface area (Å²) in [6.07, 6.45) is 6.89. The van der Waals surface area contributed by atoms with Crippen LogP contribution in [-0.4, -0.2) is 41.0 Å². The highest BCUT2D eigenvalue weighted by atomic mass is 19.1.